The Labute approximate surface area is 253 Å². The fraction of sp³-hybridized carbons (Fsp3) is 0.375. The number of pyridine rings is 1. The Balaban J connectivity index is 1.54. The predicted octanol–water partition coefficient (Wildman–Crippen LogP) is 8.17. The average molecular weight is 605 g/mol. The van der Waals surface area contributed by atoms with Gasteiger partial charge < -0.3 is 13.9 Å². The first-order valence-electron chi connectivity index (χ1n) is 14.2. The van der Waals surface area contributed by atoms with Gasteiger partial charge in [-0.1, -0.05) is 83.2 Å². The van der Waals surface area contributed by atoms with E-state index in [-0.39, 0.29) is 12.0 Å². The summed E-state index contributed by atoms with van der Waals surface area (Å²) in [6.07, 6.45) is 3.03. The van der Waals surface area contributed by atoms with Gasteiger partial charge in [0.05, 0.1) is 13.7 Å². The molecule has 0 bridgehead atoms. The van der Waals surface area contributed by atoms with E-state index in [1.165, 1.54) is 11.3 Å². The molecule has 1 amide bonds. The zero-order valence-corrected chi connectivity index (χ0v) is 27.1. The third-order valence-electron chi connectivity index (χ3n) is 7.63. The van der Waals surface area contributed by atoms with Crippen molar-refractivity contribution in [3.63, 3.8) is 0 Å². The van der Waals surface area contributed by atoms with Crippen LogP contribution >= 0.6 is 11.3 Å². The summed E-state index contributed by atoms with van der Waals surface area (Å²) in [5.74, 6) is 0.675. The first-order valence-corrected chi connectivity index (χ1v) is 17.2. The van der Waals surface area contributed by atoms with Gasteiger partial charge in [0.2, 0.25) is 13.4 Å². The first-order chi connectivity index (χ1) is 20.1. The second-order valence-electron chi connectivity index (χ2n) is 11.1. The molecule has 8 nitrogen and oxygen atoms in total. The smallest absolute Gasteiger partial charge is 0.257 e. The number of hydrogen-bond donors (Lipinski definition) is 1. The SMILES string of the molecule is COc1cc(C(=O)Nc2nnc(-c3ccncc3)s2)ccc1O[C@@H](CO[Si](C(C)C)(C(C)C)C(C)C)c1ccccc1. The Morgan fingerprint density at radius 2 is 1.55 bits per heavy atom. The number of anilines is 1. The quantitative estimate of drug-likeness (QED) is 0.154. The van der Waals surface area contributed by atoms with Crippen molar-refractivity contribution in [3.8, 4) is 22.1 Å². The van der Waals surface area contributed by atoms with Crippen molar-refractivity contribution >= 4 is 30.7 Å². The monoisotopic (exact) mass is 604 g/mol. The van der Waals surface area contributed by atoms with Crippen LogP contribution in [0, 0.1) is 0 Å². The molecular formula is C32H40N4O4SSi. The van der Waals surface area contributed by atoms with Gasteiger partial charge in [0.1, 0.15) is 11.1 Å². The van der Waals surface area contributed by atoms with E-state index in [9.17, 15) is 4.79 Å². The normalized spacial score (nSPS) is 12.5. The zero-order chi connectivity index (χ0) is 30.3. The molecule has 0 unspecified atom stereocenters. The van der Waals surface area contributed by atoms with Gasteiger partial charge in [0.15, 0.2) is 11.5 Å². The number of nitrogens with one attached hydrogen (secondary N) is 1. The van der Waals surface area contributed by atoms with Crippen molar-refractivity contribution in [1.29, 1.82) is 0 Å². The van der Waals surface area contributed by atoms with Gasteiger partial charge in [-0.05, 0) is 52.5 Å². The lowest BCUT2D eigenvalue weighted by molar-refractivity contribution is 0.102. The number of methoxy groups -OCH3 is 1. The fourth-order valence-electron chi connectivity index (χ4n) is 5.70. The number of carbonyl (C=O) groups excluding carboxylic acids is 1. The summed E-state index contributed by atoms with van der Waals surface area (Å²) in [5.41, 5.74) is 3.68. The molecule has 0 saturated carbocycles. The maximum Gasteiger partial charge on any atom is 0.257 e. The number of rotatable bonds is 13. The second kappa shape index (κ2) is 14.0. The molecule has 2 heterocycles. The minimum atomic E-state index is -2.12. The number of hydrogen-bond acceptors (Lipinski definition) is 8. The maximum absolute atomic E-state index is 13.1. The van der Waals surface area contributed by atoms with Crippen LogP contribution in [0.25, 0.3) is 10.6 Å². The summed E-state index contributed by atoms with van der Waals surface area (Å²) in [4.78, 5) is 17.1. The van der Waals surface area contributed by atoms with Crippen LogP contribution in [0.4, 0.5) is 5.13 Å². The zero-order valence-electron chi connectivity index (χ0n) is 25.3. The van der Waals surface area contributed by atoms with Crippen LogP contribution in [0.15, 0.2) is 73.1 Å². The lowest BCUT2D eigenvalue weighted by Crippen LogP contribution is -2.48. The highest BCUT2D eigenvalue weighted by atomic mass is 32.1. The summed E-state index contributed by atoms with van der Waals surface area (Å²) in [7, 11) is -0.553. The van der Waals surface area contributed by atoms with E-state index in [2.05, 4.69) is 62.0 Å². The minimum absolute atomic E-state index is 0.318. The van der Waals surface area contributed by atoms with Crippen LogP contribution in [-0.4, -0.2) is 43.1 Å². The number of carbonyl (C=O) groups is 1. The number of benzene rings is 2. The molecule has 0 spiro atoms. The lowest BCUT2D eigenvalue weighted by atomic mass is 10.1. The highest BCUT2D eigenvalue weighted by Gasteiger charge is 2.45. The molecular weight excluding hydrogens is 565 g/mol. The molecule has 2 aromatic carbocycles. The van der Waals surface area contributed by atoms with E-state index in [0.29, 0.717) is 50.4 Å². The van der Waals surface area contributed by atoms with Crippen LogP contribution < -0.4 is 14.8 Å². The number of aromatic nitrogens is 3. The van der Waals surface area contributed by atoms with Gasteiger partial charge in [0.25, 0.3) is 5.91 Å². The van der Waals surface area contributed by atoms with E-state index in [0.717, 1.165) is 11.1 Å². The fourth-order valence-corrected chi connectivity index (χ4v) is 11.9. The summed E-state index contributed by atoms with van der Waals surface area (Å²) >= 11 is 1.29. The standard InChI is InChI=1S/C32H40N4O4SSi/c1-21(2)42(22(3)4,23(5)6)39-20-29(24-11-9-8-10-12-24)40-27-14-13-26(19-28(27)38-7)30(37)34-32-36-35-31(41-32)25-15-17-33-18-16-25/h8-19,21-23,29H,20H2,1-7H3,(H,34,36,37)/t29-/m0/s1. The van der Waals surface area contributed by atoms with Crippen molar-refractivity contribution in [2.75, 3.05) is 19.0 Å². The number of ether oxygens (including phenoxy) is 2. The third-order valence-corrected chi connectivity index (χ3v) is 14.6. The van der Waals surface area contributed by atoms with Crippen LogP contribution in [-0.2, 0) is 4.43 Å². The highest BCUT2D eigenvalue weighted by Crippen LogP contribution is 2.43. The minimum Gasteiger partial charge on any atom is -0.493 e. The Bertz CT molecular complexity index is 1430. The lowest BCUT2D eigenvalue weighted by Gasteiger charge is -2.43. The van der Waals surface area contributed by atoms with E-state index >= 15 is 0 Å². The molecule has 10 heteroatoms. The maximum atomic E-state index is 13.1. The molecule has 42 heavy (non-hydrogen) atoms. The molecule has 0 aliphatic heterocycles. The van der Waals surface area contributed by atoms with Gasteiger partial charge in [-0.3, -0.25) is 15.1 Å². The summed E-state index contributed by atoms with van der Waals surface area (Å²) in [5, 5.41) is 12.2. The van der Waals surface area contributed by atoms with E-state index in [1.807, 2.05) is 42.5 Å². The van der Waals surface area contributed by atoms with Gasteiger partial charge in [0, 0.05) is 23.5 Å². The summed E-state index contributed by atoms with van der Waals surface area (Å²) < 4.78 is 19.2. The number of amides is 1. The van der Waals surface area contributed by atoms with Crippen molar-refractivity contribution < 1.29 is 18.7 Å². The second-order valence-corrected chi connectivity index (χ2v) is 17.6. The molecule has 4 aromatic rings. The molecule has 2 aromatic heterocycles. The van der Waals surface area contributed by atoms with Crippen molar-refractivity contribution in [3.05, 3.63) is 84.2 Å². The van der Waals surface area contributed by atoms with Gasteiger partial charge in [-0.25, -0.2) is 0 Å². The van der Waals surface area contributed by atoms with Crippen molar-refractivity contribution in [2.45, 2.75) is 64.3 Å². The Morgan fingerprint density at radius 3 is 2.17 bits per heavy atom. The van der Waals surface area contributed by atoms with Crippen LogP contribution in [0.1, 0.15) is 63.6 Å². The topological polar surface area (TPSA) is 95.5 Å². The molecule has 0 fully saturated rings. The molecule has 4 rings (SSSR count). The van der Waals surface area contributed by atoms with Crippen LogP contribution in [0.5, 0.6) is 11.5 Å². The molecule has 1 N–H and O–H groups in total. The first kappa shape index (κ1) is 31.3. The molecule has 0 aliphatic rings. The van der Waals surface area contributed by atoms with Gasteiger partial charge in [-0.15, -0.1) is 10.2 Å². The molecule has 0 saturated heterocycles. The molecule has 222 valence electrons. The summed E-state index contributed by atoms with van der Waals surface area (Å²) in [6.45, 7) is 14.1. The Hall–Kier alpha value is -3.60. The Morgan fingerprint density at radius 1 is 0.881 bits per heavy atom. The van der Waals surface area contributed by atoms with E-state index in [1.54, 1.807) is 37.7 Å². The largest absolute Gasteiger partial charge is 0.493 e. The van der Waals surface area contributed by atoms with E-state index in [4.69, 9.17) is 13.9 Å². The molecule has 0 aliphatic carbocycles. The number of nitrogens with zero attached hydrogens (tertiary/aromatic N) is 3. The van der Waals surface area contributed by atoms with Crippen LogP contribution in [0.3, 0.4) is 0 Å². The Kier molecular flexibility index (Phi) is 10.5. The predicted molar refractivity (Wildman–Crippen MR) is 171 cm³/mol. The van der Waals surface area contributed by atoms with Gasteiger partial charge >= 0.3 is 0 Å². The van der Waals surface area contributed by atoms with E-state index < -0.39 is 8.32 Å². The van der Waals surface area contributed by atoms with Crippen molar-refractivity contribution in [2.24, 2.45) is 0 Å². The third kappa shape index (κ3) is 7.06. The summed E-state index contributed by atoms with van der Waals surface area (Å²) in [6, 6.07) is 18.9. The molecule has 1 atom stereocenters. The molecule has 0 radical (unpaired) electrons. The average Bonchev–Trinajstić information content (AvgIpc) is 3.45. The van der Waals surface area contributed by atoms with Crippen molar-refractivity contribution in [1.82, 2.24) is 15.2 Å². The van der Waals surface area contributed by atoms with Crippen LogP contribution in [0.2, 0.25) is 16.6 Å². The highest BCUT2D eigenvalue weighted by molar-refractivity contribution is 7.18. The van der Waals surface area contributed by atoms with Gasteiger partial charge in [-0.2, -0.15) is 0 Å².